The van der Waals surface area contributed by atoms with E-state index in [4.69, 9.17) is 0 Å². The number of aromatic hydroxyl groups is 1. The van der Waals surface area contributed by atoms with Gasteiger partial charge in [-0.2, -0.15) is 5.26 Å². The highest BCUT2D eigenvalue weighted by Crippen LogP contribution is 2.38. The smallest absolute Gasteiger partial charge is 0.131 e. The quantitative estimate of drug-likeness (QED) is 0.740. The summed E-state index contributed by atoms with van der Waals surface area (Å²) < 4.78 is 0. The van der Waals surface area contributed by atoms with Crippen molar-refractivity contribution >= 4 is 0 Å². The van der Waals surface area contributed by atoms with Crippen LogP contribution in [0.4, 0.5) is 0 Å². The van der Waals surface area contributed by atoms with Gasteiger partial charge in [0.15, 0.2) is 0 Å². The van der Waals surface area contributed by atoms with E-state index < -0.39 is 0 Å². The number of benzene rings is 3. The van der Waals surface area contributed by atoms with E-state index in [1.165, 1.54) is 0 Å². The van der Waals surface area contributed by atoms with Crippen LogP contribution >= 0.6 is 0 Å². The molecule has 0 aromatic heterocycles. The lowest BCUT2D eigenvalue weighted by Crippen LogP contribution is -1.87. The summed E-state index contributed by atoms with van der Waals surface area (Å²) in [5.74, 6) is 0.200. The first-order valence-corrected chi connectivity index (χ1v) is 6.67. The van der Waals surface area contributed by atoms with Gasteiger partial charge in [0.2, 0.25) is 0 Å². The topological polar surface area (TPSA) is 44.0 Å². The normalized spacial score (nSPS) is 10.0. The van der Waals surface area contributed by atoms with Gasteiger partial charge < -0.3 is 5.11 Å². The Morgan fingerprint density at radius 1 is 0.714 bits per heavy atom. The lowest BCUT2D eigenvalue weighted by atomic mass is 9.95. The van der Waals surface area contributed by atoms with E-state index in [1.54, 1.807) is 12.1 Å². The fourth-order valence-corrected chi connectivity index (χ4v) is 2.37. The second-order valence-electron chi connectivity index (χ2n) is 4.76. The molecule has 1 N–H and O–H groups in total. The van der Waals surface area contributed by atoms with Crippen LogP contribution in [0.2, 0.25) is 0 Å². The Bertz CT molecular complexity index is 741. The van der Waals surface area contributed by atoms with Crippen molar-refractivity contribution in [1.29, 1.82) is 5.26 Å². The van der Waals surface area contributed by atoms with Crippen LogP contribution in [-0.4, -0.2) is 5.11 Å². The Balaban J connectivity index is 2.26. The number of nitrogens with zero attached hydrogens (tertiary/aromatic N) is 1. The highest BCUT2D eigenvalue weighted by Gasteiger charge is 2.13. The van der Waals surface area contributed by atoms with Crippen LogP contribution in [0.3, 0.4) is 0 Å². The predicted octanol–water partition coefficient (Wildman–Crippen LogP) is 4.60. The van der Waals surface area contributed by atoms with Crippen molar-refractivity contribution in [2.45, 2.75) is 0 Å². The number of hydrogen-bond donors (Lipinski definition) is 1. The largest absolute Gasteiger partial charge is 0.507 e. The molecule has 21 heavy (non-hydrogen) atoms. The maximum absolute atomic E-state index is 10.6. The minimum absolute atomic E-state index is 0.200. The van der Waals surface area contributed by atoms with E-state index in [9.17, 15) is 10.4 Å². The molecule has 0 aliphatic carbocycles. The van der Waals surface area contributed by atoms with E-state index in [2.05, 4.69) is 6.07 Å². The van der Waals surface area contributed by atoms with Gasteiger partial charge in [-0.1, -0.05) is 60.7 Å². The predicted molar refractivity (Wildman–Crippen MR) is 83.7 cm³/mol. The van der Waals surface area contributed by atoms with E-state index in [-0.39, 0.29) is 5.75 Å². The van der Waals surface area contributed by atoms with Crippen molar-refractivity contribution in [3.8, 4) is 34.1 Å². The minimum Gasteiger partial charge on any atom is -0.507 e. The van der Waals surface area contributed by atoms with Crippen LogP contribution in [0.5, 0.6) is 5.75 Å². The molecular weight excluding hydrogens is 258 g/mol. The highest BCUT2D eigenvalue weighted by molar-refractivity contribution is 5.83. The van der Waals surface area contributed by atoms with Crippen LogP contribution in [0, 0.1) is 11.3 Å². The molecule has 0 heterocycles. The standard InChI is InChI=1S/C19H13NO/c20-13-14-11-17(15-7-3-1-4-8-15)19(21)18(12-14)16-9-5-2-6-10-16/h1-12,21H. The lowest BCUT2D eigenvalue weighted by molar-refractivity contribution is 0.479. The van der Waals surface area contributed by atoms with Crippen LogP contribution < -0.4 is 0 Å². The monoisotopic (exact) mass is 271 g/mol. The summed E-state index contributed by atoms with van der Waals surface area (Å²) in [7, 11) is 0. The van der Waals surface area contributed by atoms with Gasteiger partial charge in [0.25, 0.3) is 0 Å². The van der Waals surface area contributed by atoms with Gasteiger partial charge in [-0.3, -0.25) is 0 Å². The molecule has 0 aliphatic rings. The Morgan fingerprint density at radius 2 is 1.14 bits per heavy atom. The SMILES string of the molecule is N#Cc1cc(-c2ccccc2)c(O)c(-c2ccccc2)c1. The number of rotatable bonds is 2. The van der Waals surface area contributed by atoms with Gasteiger partial charge >= 0.3 is 0 Å². The number of hydrogen-bond acceptors (Lipinski definition) is 2. The first-order chi connectivity index (χ1) is 10.3. The molecule has 3 aromatic carbocycles. The van der Waals surface area contributed by atoms with E-state index in [0.717, 1.165) is 11.1 Å². The summed E-state index contributed by atoms with van der Waals surface area (Å²) in [6.07, 6.45) is 0. The number of nitriles is 1. The zero-order valence-electron chi connectivity index (χ0n) is 11.3. The third-order valence-corrected chi connectivity index (χ3v) is 3.41. The average molecular weight is 271 g/mol. The molecule has 2 nitrogen and oxygen atoms in total. The fraction of sp³-hybridized carbons (Fsp3) is 0. The van der Waals surface area contributed by atoms with Crippen molar-refractivity contribution in [2.75, 3.05) is 0 Å². The molecule has 0 amide bonds. The van der Waals surface area contributed by atoms with Crippen molar-refractivity contribution in [1.82, 2.24) is 0 Å². The molecule has 0 spiro atoms. The van der Waals surface area contributed by atoms with Gasteiger partial charge in [0.05, 0.1) is 11.6 Å². The Hall–Kier alpha value is -3.05. The molecule has 0 saturated carbocycles. The molecule has 0 saturated heterocycles. The molecule has 2 heteroatoms. The minimum atomic E-state index is 0.200. The van der Waals surface area contributed by atoms with E-state index in [0.29, 0.717) is 16.7 Å². The molecule has 3 rings (SSSR count). The van der Waals surface area contributed by atoms with Gasteiger partial charge in [-0.15, -0.1) is 0 Å². The summed E-state index contributed by atoms with van der Waals surface area (Å²) >= 11 is 0. The van der Waals surface area contributed by atoms with Gasteiger partial charge in [-0.05, 0) is 23.3 Å². The third-order valence-electron chi connectivity index (χ3n) is 3.41. The molecule has 0 bridgehead atoms. The molecule has 0 aliphatic heterocycles. The Kier molecular flexibility index (Phi) is 3.41. The summed E-state index contributed by atoms with van der Waals surface area (Å²) in [4.78, 5) is 0. The zero-order chi connectivity index (χ0) is 14.7. The molecule has 3 aromatic rings. The second kappa shape index (κ2) is 5.52. The molecule has 0 radical (unpaired) electrons. The molecule has 0 unspecified atom stereocenters. The molecule has 0 fully saturated rings. The maximum Gasteiger partial charge on any atom is 0.131 e. The molecule has 100 valence electrons. The van der Waals surface area contributed by atoms with E-state index in [1.807, 2.05) is 60.7 Å². The highest BCUT2D eigenvalue weighted by atomic mass is 16.3. The third kappa shape index (κ3) is 2.50. The van der Waals surface area contributed by atoms with Crippen LogP contribution in [0.1, 0.15) is 5.56 Å². The van der Waals surface area contributed by atoms with Gasteiger partial charge in [0.1, 0.15) is 5.75 Å². The Morgan fingerprint density at radius 3 is 1.52 bits per heavy atom. The van der Waals surface area contributed by atoms with Gasteiger partial charge in [0, 0.05) is 11.1 Å². The average Bonchev–Trinajstić information content (AvgIpc) is 2.57. The molecule has 0 atom stereocenters. The Labute approximate surface area is 123 Å². The van der Waals surface area contributed by atoms with Crippen LogP contribution in [0.15, 0.2) is 72.8 Å². The van der Waals surface area contributed by atoms with Crippen molar-refractivity contribution in [2.24, 2.45) is 0 Å². The maximum atomic E-state index is 10.6. The summed E-state index contributed by atoms with van der Waals surface area (Å²) in [6, 6.07) is 24.8. The van der Waals surface area contributed by atoms with Crippen molar-refractivity contribution in [3.63, 3.8) is 0 Å². The first kappa shape index (κ1) is 13.0. The fourth-order valence-electron chi connectivity index (χ4n) is 2.37. The molecular formula is C19H13NO. The van der Waals surface area contributed by atoms with E-state index >= 15 is 0 Å². The summed E-state index contributed by atoms with van der Waals surface area (Å²) in [5, 5.41) is 19.8. The summed E-state index contributed by atoms with van der Waals surface area (Å²) in [5.41, 5.74) is 3.67. The van der Waals surface area contributed by atoms with Gasteiger partial charge in [-0.25, -0.2) is 0 Å². The second-order valence-corrected chi connectivity index (χ2v) is 4.76. The van der Waals surface area contributed by atoms with Crippen LogP contribution in [-0.2, 0) is 0 Å². The van der Waals surface area contributed by atoms with Crippen LogP contribution in [0.25, 0.3) is 22.3 Å². The zero-order valence-corrected chi connectivity index (χ0v) is 11.3. The van der Waals surface area contributed by atoms with Crippen molar-refractivity contribution < 1.29 is 5.11 Å². The summed E-state index contributed by atoms with van der Waals surface area (Å²) in [6.45, 7) is 0. The lowest BCUT2D eigenvalue weighted by Gasteiger charge is -2.11. The first-order valence-electron chi connectivity index (χ1n) is 6.67. The number of phenols is 1. The van der Waals surface area contributed by atoms with Crippen molar-refractivity contribution in [3.05, 3.63) is 78.4 Å². The number of phenolic OH excluding ortho intramolecular Hbond substituents is 1.